The van der Waals surface area contributed by atoms with Crippen molar-refractivity contribution in [2.45, 2.75) is 12.6 Å². The molecule has 0 spiro atoms. The predicted molar refractivity (Wildman–Crippen MR) is 32.9 cm³/mol. The van der Waals surface area contributed by atoms with E-state index in [2.05, 4.69) is 0 Å². The fraction of sp³-hybridized carbons (Fsp3) is 0.286. The van der Waals surface area contributed by atoms with Crippen LogP contribution in [0.25, 0.3) is 0 Å². The second kappa shape index (κ2) is 2.53. The molecule has 1 aliphatic carbocycles. The van der Waals surface area contributed by atoms with Crippen LogP contribution >= 0.6 is 0 Å². The van der Waals surface area contributed by atoms with Crippen LogP contribution in [0.5, 0.6) is 0 Å². The SMILES string of the molecule is O=C1C=CCC=C1C(F)(F)F. The third-order valence-electron chi connectivity index (χ3n) is 1.30. The second-order valence-corrected chi connectivity index (χ2v) is 2.12. The average Bonchev–Trinajstić information content (AvgIpc) is 1.86. The lowest BCUT2D eigenvalue weighted by Gasteiger charge is -2.10. The first-order valence-corrected chi connectivity index (χ1v) is 3.00. The van der Waals surface area contributed by atoms with Gasteiger partial charge in [-0.15, -0.1) is 0 Å². The summed E-state index contributed by atoms with van der Waals surface area (Å²) < 4.78 is 35.6. The largest absolute Gasteiger partial charge is 0.419 e. The first-order chi connectivity index (χ1) is 5.02. The van der Waals surface area contributed by atoms with Gasteiger partial charge in [-0.05, 0) is 12.5 Å². The minimum Gasteiger partial charge on any atom is -0.289 e. The molecule has 4 heteroatoms. The molecule has 0 amide bonds. The molecule has 0 N–H and O–H groups in total. The van der Waals surface area contributed by atoms with Gasteiger partial charge < -0.3 is 0 Å². The van der Waals surface area contributed by atoms with Crippen molar-refractivity contribution in [2.75, 3.05) is 0 Å². The molecule has 0 heterocycles. The Hall–Kier alpha value is -1.06. The zero-order valence-corrected chi connectivity index (χ0v) is 5.48. The highest BCUT2D eigenvalue weighted by molar-refractivity contribution is 6.05. The Morgan fingerprint density at radius 1 is 1.36 bits per heavy atom. The molecule has 0 aromatic carbocycles. The maximum absolute atomic E-state index is 11.9. The fourth-order valence-corrected chi connectivity index (χ4v) is 0.807. The lowest BCUT2D eigenvalue weighted by Crippen LogP contribution is -2.19. The van der Waals surface area contributed by atoms with Crippen LogP contribution in [0.1, 0.15) is 6.42 Å². The van der Waals surface area contributed by atoms with Crippen LogP contribution in [0.4, 0.5) is 13.2 Å². The van der Waals surface area contributed by atoms with Crippen molar-refractivity contribution < 1.29 is 18.0 Å². The van der Waals surface area contributed by atoms with Gasteiger partial charge in [0.15, 0.2) is 5.78 Å². The third-order valence-corrected chi connectivity index (χ3v) is 1.30. The van der Waals surface area contributed by atoms with Gasteiger partial charge in [-0.1, -0.05) is 12.2 Å². The van der Waals surface area contributed by atoms with Crippen molar-refractivity contribution in [1.29, 1.82) is 0 Å². The van der Waals surface area contributed by atoms with Crippen LogP contribution in [-0.2, 0) is 4.79 Å². The molecule has 1 rings (SSSR count). The van der Waals surface area contributed by atoms with Crippen molar-refractivity contribution in [3.63, 3.8) is 0 Å². The molecule has 0 aromatic rings. The van der Waals surface area contributed by atoms with Crippen molar-refractivity contribution in [3.8, 4) is 0 Å². The van der Waals surface area contributed by atoms with Crippen LogP contribution in [0.3, 0.4) is 0 Å². The van der Waals surface area contributed by atoms with Gasteiger partial charge in [0.25, 0.3) is 0 Å². The molecular formula is C7H5F3O. The van der Waals surface area contributed by atoms with Gasteiger partial charge in [0.05, 0.1) is 5.57 Å². The van der Waals surface area contributed by atoms with E-state index in [1.54, 1.807) is 0 Å². The van der Waals surface area contributed by atoms with Gasteiger partial charge in [-0.25, -0.2) is 0 Å². The Morgan fingerprint density at radius 3 is 2.36 bits per heavy atom. The molecule has 0 radical (unpaired) electrons. The molecule has 60 valence electrons. The lowest BCUT2D eigenvalue weighted by molar-refractivity contribution is -0.125. The first kappa shape index (κ1) is 8.04. The average molecular weight is 162 g/mol. The van der Waals surface area contributed by atoms with Crippen LogP contribution in [-0.4, -0.2) is 12.0 Å². The first-order valence-electron chi connectivity index (χ1n) is 3.00. The van der Waals surface area contributed by atoms with Gasteiger partial charge in [0.2, 0.25) is 0 Å². The lowest BCUT2D eigenvalue weighted by atomic mass is 10.0. The topological polar surface area (TPSA) is 17.1 Å². The summed E-state index contributed by atoms with van der Waals surface area (Å²) in [7, 11) is 0. The molecule has 1 aliphatic rings. The summed E-state index contributed by atoms with van der Waals surface area (Å²) >= 11 is 0. The second-order valence-electron chi connectivity index (χ2n) is 2.12. The number of alkyl halides is 3. The Kier molecular flexibility index (Phi) is 1.85. The number of allylic oxidation sites excluding steroid dienone is 4. The van der Waals surface area contributed by atoms with Crippen LogP contribution in [0.2, 0.25) is 0 Å². The number of hydrogen-bond acceptors (Lipinski definition) is 1. The van der Waals surface area contributed by atoms with E-state index in [1.165, 1.54) is 6.08 Å². The summed E-state index contributed by atoms with van der Waals surface area (Å²) in [4.78, 5) is 10.6. The summed E-state index contributed by atoms with van der Waals surface area (Å²) in [5.41, 5.74) is -1.06. The fourth-order valence-electron chi connectivity index (χ4n) is 0.807. The van der Waals surface area contributed by atoms with Crippen LogP contribution in [0, 0.1) is 0 Å². The Bertz CT molecular complexity index is 235. The Labute approximate surface area is 61.2 Å². The Balaban J connectivity index is 2.89. The monoisotopic (exact) mass is 162 g/mol. The van der Waals surface area contributed by atoms with Gasteiger partial charge in [-0.3, -0.25) is 4.79 Å². The molecule has 0 saturated carbocycles. The highest BCUT2D eigenvalue weighted by Crippen LogP contribution is 2.28. The zero-order valence-electron chi connectivity index (χ0n) is 5.48. The predicted octanol–water partition coefficient (Wildman–Crippen LogP) is 2.00. The maximum atomic E-state index is 11.9. The molecule has 0 fully saturated rings. The molecule has 1 nitrogen and oxygen atoms in total. The highest BCUT2D eigenvalue weighted by Gasteiger charge is 2.37. The summed E-state index contributed by atoms with van der Waals surface area (Å²) in [5, 5.41) is 0. The van der Waals surface area contributed by atoms with E-state index < -0.39 is 17.5 Å². The van der Waals surface area contributed by atoms with E-state index in [4.69, 9.17) is 0 Å². The molecule has 0 aliphatic heterocycles. The standard InChI is InChI=1S/C7H5F3O/c8-7(9,10)5-3-1-2-4-6(5)11/h2-4H,1H2. The summed E-state index contributed by atoms with van der Waals surface area (Å²) in [6, 6.07) is 0. The summed E-state index contributed by atoms with van der Waals surface area (Å²) in [5.74, 6) is -0.955. The Morgan fingerprint density at radius 2 is 2.00 bits per heavy atom. The smallest absolute Gasteiger partial charge is 0.289 e. The number of rotatable bonds is 0. The van der Waals surface area contributed by atoms with Gasteiger partial charge >= 0.3 is 6.18 Å². The molecule has 0 bridgehead atoms. The van der Waals surface area contributed by atoms with E-state index in [0.717, 1.165) is 12.2 Å². The summed E-state index contributed by atoms with van der Waals surface area (Å²) in [6.45, 7) is 0. The summed E-state index contributed by atoms with van der Waals surface area (Å²) in [6.07, 6.45) is -1.08. The zero-order chi connectivity index (χ0) is 8.48. The van der Waals surface area contributed by atoms with Gasteiger partial charge in [-0.2, -0.15) is 13.2 Å². The van der Waals surface area contributed by atoms with Crippen molar-refractivity contribution in [3.05, 3.63) is 23.8 Å². The number of hydrogen-bond donors (Lipinski definition) is 0. The molecular weight excluding hydrogens is 157 g/mol. The minimum atomic E-state index is -4.50. The highest BCUT2D eigenvalue weighted by atomic mass is 19.4. The third kappa shape index (κ3) is 1.69. The maximum Gasteiger partial charge on any atom is 0.419 e. The normalized spacial score (nSPS) is 18.5. The van der Waals surface area contributed by atoms with E-state index in [1.807, 2.05) is 0 Å². The van der Waals surface area contributed by atoms with Crippen molar-refractivity contribution in [2.24, 2.45) is 0 Å². The van der Waals surface area contributed by atoms with Gasteiger partial charge in [0.1, 0.15) is 0 Å². The number of carbonyl (C=O) groups excluding carboxylic acids is 1. The number of halogens is 3. The van der Waals surface area contributed by atoms with Crippen LogP contribution in [0.15, 0.2) is 23.8 Å². The van der Waals surface area contributed by atoms with Gasteiger partial charge in [0, 0.05) is 0 Å². The minimum absolute atomic E-state index is 0.181. The number of carbonyl (C=O) groups is 1. The molecule has 0 unspecified atom stereocenters. The molecule has 0 saturated heterocycles. The van der Waals surface area contributed by atoms with Crippen molar-refractivity contribution in [1.82, 2.24) is 0 Å². The van der Waals surface area contributed by atoms with E-state index in [-0.39, 0.29) is 6.42 Å². The molecule has 0 atom stereocenters. The van der Waals surface area contributed by atoms with E-state index >= 15 is 0 Å². The van der Waals surface area contributed by atoms with E-state index in [9.17, 15) is 18.0 Å². The van der Waals surface area contributed by atoms with E-state index in [0.29, 0.717) is 0 Å². The van der Waals surface area contributed by atoms with Crippen molar-refractivity contribution >= 4 is 5.78 Å². The number of ketones is 1. The quantitative estimate of drug-likeness (QED) is 0.532. The molecule has 0 aromatic heterocycles. The molecule has 11 heavy (non-hydrogen) atoms. The van der Waals surface area contributed by atoms with Crippen LogP contribution < -0.4 is 0 Å².